The van der Waals surface area contributed by atoms with Crippen LogP contribution < -0.4 is 14.2 Å². The lowest BCUT2D eigenvalue weighted by atomic mass is 10.0. The number of ether oxygens (including phenoxy) is 3. The molecule has 0 aromatic heterocycles. The summed E-state index contributed by atoms with van der Waals surface area (Å²) in [5, 5.41) is 0. The van der Waals surface area contributed by atoms with E-state index in [4.69, 9.17) is 14.2 Å². The Labute approximate surface area is 177 Å². The van der Waals surface area contributed by atoms with Gasteiger partial charge >= 0.3 is 5.97 Å². The lowest BCUT2D eigenvalue weighted by Crippen LogP contribution is -2.03. The zero-order valence-corrected chi connectivity index (χ0v) is 17.6. The largest absolute Gasteiger partial charge is 0.490 e. The number of hydrogen-bond acceptors (Lipinski definition) is 4. The van der Waals surface area contributed by atoms with Gasteiger partial charge in [-0.25, -0.2) is 4.79 Å². The van der Waals surface area contributed by atoms with Crippen molar-refractivity contribution in [1.29, 1.82) is 0 Å². The quantitative estimate of drug-likeness (QED) is 0.260. The molecule has 0 radical (unpaired) electrons. The van der Waals surface area contributed by atoms with Gasteiger partial charge in [-0.2, -0.15) is 0 Å². The summed E-state index contributed by atoms with van der Waals surface area (Å²) in [6.07, 6.45) is 3.10. The first-order chi connectivity index (χ1) is 14.6. The van der Waals surface area contributed by atoms with Crippen molar-refractivity contribution in [2.45, 2.75) is 20.8 Å². The lowest BCUT2D eigenvalue weighted by molar-refractivity contribution is -0.128. The molecule has 154 valence electrons. The van der Waals surface area contributed by atoms with Crippen LogP contribution in [0.3, 0.4) is 0 Å². The van der Waals surface area contributed by atoms with Crippen molar-refractivity contribution in [1.82, 2.24) is 0 Å². The molecule has 3 aromatic carbocycles. The highest BCUT2D eigenvalue weighted by atomic mass is 16.5. The predicted octanol–water partition coefficient (Wildman–Crippen LogP) is 6.08. The van der Waals surface area contributed by atoms with E-state index in [2.05, 4.69) is 31.2 Å². The van der Waals surface area contributed by atoms with E-state index >= 15 is 0 Å². The first-order valence-corrected chi connectivity index (χ1v) is 10.1. The van der Waals surface area contributed by atoms with E-state index in [-0.39, 0.29) is 0 Å². The van der Waals surface area contributed by atoms with Crippen molar-refractivity contribution < 1.29 is 19.0 Å². The van der Waals surface area contributed by atoms with Gasteiger partial charge in [0.15, 0.2) is 11.5 Å². The van der Waals surface area contributed by atoms with Crippen molar-refractivity contribution in [3.05, 3.63) is 83.9 Å². The highest BCUT2D eigenvalue weighted by Crippen LogP contribution is 2.29. The Hall–Kier alpha value is -3.53. The molecule has 0 saturated carbocycles. The summed E-state index contributed by atoms with van der Waals surface area (Å²) >= 11 is 0. The molecular formula is C26H26O4. The average Bonchev–Trinajstić information content (AvgIpc) is 2.75. The van der Waals surface area contributed by atoms with Gasteiger partial charge in [-0.15, -0.1) is 0 Å². The second-order valence-corrected chi connectivity index (χ2v) is 6.72. The fraction of sp³-hybridized carbons (Fsp3) is 0.192. The minimum Gasteiger partial charge on any atom is -0.490 e. The fourth-order valence-corrected chi connectivity index (χ4v) is 2.95. The number of rotatable bonds is 8. The van der Waals surface area contributed by atoms with Gasteiger partial charge in [0.2, 0.25) is 0 Å². The molecule has 0 saturated heterocycles. The predicted molar refractivity (Wildman–Crippen MR) is 120 cm³/mol. The normalized spacial score (nSPS) is 10.8. The van der Waals surface area contributed by atoms with Crippen molar-refractivity contribution in [3.63, 3.8) is 0 Å². The average molecular weight is 402 g/mol. The molecule has 0 fully saturated rings. The van der Waals surface area contributed by atoms with E-state index in [1.165, 1.54) is 11.6 Å². The first kappa shape index (κ1) is 21.2. The van der Waals surface area contributed by atoms with Gasteiger partial charge in [0.1, 0.15) is 5.75 Å². The monoisotopic (exact) mass is 402 g/mol. The van der Waals surface area contributed by atoms with Gasteiger partial charge in [-0.1, -0.05) is 48.0 Å². The van der Waals surface area contributed by atoms with Crippen LogP contribution in [0.15, 0.2) is 72.8 Å². The van der Waals surface area contributed by atoms with E-state index < -0.39 is 5.97 Å². The van der Waals surface area contributed by atoms with Crippen molar-refractivity contribution in [2.75, 3.05) is 13.2 Å². The summed E-state index contributed by atoms with van der Waals surface area (Å²) in [6.45, 7) is 7.00. The number of aryl methyl sites for hydroxylation is 1. The van der Waals surface area contributed by atoms with E-state index in [1.54, 1.807) is 18.2 Å². The molecule has 30 heavy (non-hydrogen) atoms. The maximum absolute atomic E-state index is 12.2. The molecule has 3 rings (SSSR count). The molecule has 0 aliphatic heterocycles. The van der Waals surface area contributed by atoms with Gasteiger partial charge in [-0.05, 0) is 67.8 Å². The van der Waals surface area contributed by atoms with Crippen molar-refractivity contribution in [3.8, 4) is 28.4 Å². The van der Waals surface area contributed by atoms with E-state index in [9.17, 15) is 4.79 Å². The number of hydrogen-bond donors (Lipinski definition) is 0. The van der Waals surface area contributed by atoms with Crippen LogP contribution in [0.25, 0.3) is 17.2 Å². The Morgan fingerprint density at radius 2 is 1.40 bits per heavy atom. The Bertz CT molecular complexity index is 1000. The third-order valence-electron chi connectivity index (χ3n) is 4.44. The van der Waals surface area contributed by atoms with Crippen molar-refractivity contribution in [2.24, 2.45) is 0 Å². The number of carbonyl (C=O) groups is 1. The van der Waals surface area contributed by atoms with E-state index in [0.717, 1.165) is 16.7 Å². The van der Waals surface area contributed by atoms with Gasteiger partial charge < -0.3 is 14.2 Å². The van der Waals surface area contributed by atoms with Gasteiger partial charge in [0.25, 0.3) is 0 Å². The molecule has 0 amide bonds. The minimum atomic E-state index is -0.440. The fourth-order valence-electron chi connectivity index (χ4n) is 2.95. The summed E-state index contributed by atoms with van der Waals surface area (Å²) in [4.78, 5) is 12.2. The number of esters is 1. The van der Waals surface area contributed by atoms with Crippen LogP contribution in [0, 0.1) is 6.92 Å². The number of benzene rings is 3. The summed E-state index contributed by atoms with van der Waals surface area (Å²) in [5.41, 5.74) is 4.24. The topological polar surface area (TPSA) is 44.8 Å². The molecular weight excluding hydrogens is 376 g/mol. The first-order valence-electron chi connectivity index (χ1n) is 10.1. The van der Waals surface area contributed by atoms with Crippen molar-refractivity contribution >= 4 is 12.0 Å². The smallest absolute Gasteiger partial charge is 0.336 e. The van der Waals surface area contributed by atoms with Crippen LogP contribution in [0.1, 0.15) is 25.0 Å². The summed E-state index contributed by atoms with van der Waals surface area (Å²) < 4.78 is 16.6. The molecule has 4 heteroatoms. The zero-order valence-electron chi connectivity index (χ0n) is 17.6. The molecule has 0 unspecified atom stereocenters. The zero-order chi connectivity index (χ0) is 21.3. The van der Waals surface area contributed by atoms with Crippen LogP contribution in [0.4, 0.5) is 0 Å². The van der Waals surface area contributed by atoms with Gasteiger partial charge in [0.05, 0.1) is 13.2 Å². The minimum absolute atomic E-state index is 0.440. The Morgan fingerprint density at radius 1 is 0.800 bits per heavy atom. The summed E-state index contributed by atoms with van der Waals surface area (Å²) in [6, 6.07) is 21.3. The molecule has 0 bridgehead atoms. The molecule has 0 aliphatic rings. The summed E-state index contributed by atoms with van der Waals surface area (Å²) in [5.74, 6) is 1.40. The van der Waals surface area contributed by atoms with Crippen LogP contribution >= 0.6 is 0 Å². The van der Waals surface area contributed by atoms with Crippen LogP contribution in [-0.4, -0.2) is 19.2 Å². The van der Waals surface area contributed by atoms with Gasteiger partial charge in [0, 0.05) is 6.08 Å². The Kier molecular flexibility index (Phi) is 7.28. The maximum Gasteiger partial charge on any atom is 0.336 e. The molecule has 0 spiro atoms. The van der Waals surface area contributed by atoms with Gasteiger partial charge in [-0.3, -0.25) is 0 Å². The van der Waals surface area contributed by atoms with Crippen LogP contribution in [0.2, 0.25) is 0 Å². The second-order valence-electron chi connectivity index (χ2n) is 6.72. The molecule has 3 aromatic rings. The lowest BCUT2D eigenvalue weighted by Gasteiger charge is -2.11. The third-order valence-corrected chi connectivity index (χ3v) is 4.44. The highest BCUT2D eigenvalue weighted by molar-refractivity contribution is 5.89. The molecule has 0 N–H and O–H groups in total. The molecule has 0 heterocycles. The molecule has 0 aliphatic carbocycles. The second kappa shape index (κ2) is 10.3. The van der Waals surface area contributed by atoms with Crippen LogP contribution in [-0.2, 0) is 4.79 Å². The SMILES string of the molecule is CCOc1ccc(/C=C/C(=O)Oc2ccc(-c3ccc(C)cc3)cc2)cc1OCC. The maximum atomic E-state index is 12.2. The van der Waals surface area contributed by atoms with E-state index in [1.807, 2.05) is 44.2 Å². The highest BCUT2D eigenvalue weighted by Gasteiger charge is 2.06. The number of carbonyl (C=O) groups excluding carboxylic acids is 1. The van der Waals surface area contributed by atoms with Crippen LogP contribution in [0.5, 0.6) is 17.2 Å². The Balaban J connectivity index is 1.64. The molecule has 4 nitrogen and oxygen atoms in total. The standard InChI is InChI=1S/C26H26O4/c1-4-28-24-16-8-20(18-25(24)29-5-2)9-17-26(27)30-23-14-12-22(13-15-23)21-10-6-19(3)7-11-21/h6-18H,4-5H2,1-3H3/b17-9+. The third kappa shape index (κ3) is 5.74. The Morgan fingerprint density at radius 3 is 2.03 bits per heavy atom. The summed E-state index contributed by atoms with van der Waals surface area (Å²) in [7, 11) is 0. The molecule has 0 atom stereocenters. The van der Waals surface area contributed by atoms with E-state index in [0.29, 0.717) is 30.5 Å².